The highest BCUT2D eigenvalue weighted by atomic mass is 16.5. The minimum Gasteiger partial charge on any atom is -0.383 e. The Kier molecular flexibility index (Phi) is 6.87. The van der Waals surface area contributed by atoms with Gasteiger partial charge >= 0.3 is 11.8 Å². The fourth-order valence-corrected chi connectivity index (χ4v) is 1.65. The summed E-state index contributed by atoms with van der Waals surface area (Å²) in [4.78, 5) is 25.2. The molecule has 1 aromatic heterocycles. The number of methoxy groups -OCH3 is 1. The molecule has 7 nitrogen and oxygen atoms in total. The van der Waals surface area contributed by atoms with E-state index >= 15 is 0 Å². The lowest BCUT2D eigenvalue weighted by atomic mass is 10.1. The Morgan fingerprint density at radius 3 is 2.81 bits per heavy atom. The van der Waals surface area contributed by atoms with E-state index in [1.165, 1.54) is 11.1 Å². The average Bonchev–Trinajstić information content (AvgIpc) is 2.88. The van der Waals surface area contributed by atoms with Crippen molar-refractivity contribution in [3.8, 4) is 0 Å². The van der Waals surface area contributed by atoms with Crippen molar-refractivity contribution < 1.29 is 14.3 Å². The molecule has 21 heavy (non-hydrogen) atoms. The molecule has 0 aliphatic carbocycles. The van der Waals surface area contributed by atoms with Crippen LogP contribution < -0.4 is 5.32 Å². The summed E-state index contributed by atoms with van der Waals surface area (Å²) in [6, 6.07) is 0. The van der Waals surface area contributed by atoms with Crippen LogP contribution in [0.3, 0.4) is 0 Å². The Bertz CT molecular complexity index is 471. The Hall–Kier alpha value is -1.89. The maximum atomic E-state index is 11.9. The minimum absolute atomic E-state index is 0.488. The number of ether oxygens (including phenoxy) is 1. The molecule has 0 atom stereocenters. The number of carbonyl (C=O) groups excluding carboxylic acids is 2. The second-order valence-corrected chi connectivity index (χ2v) is 5.35. The van der Waals surface area contributed by atoms with Gasteiger partial charge in [0.25, 0.3) is 0 Å². The highest BCUT2D eigenvalue weighted by Gasteiger charge is 2.19. The van der Waals surface area contributed by atoms with E-state index in [2.05, 4.69) is 24.3 Å². The highest BCUT2D eigenvalue weighted by Crippen LogP contribution is 2.06. The van der Waals surface area contributed by atoms with Crippen molar-refractivity contribution in [1.29, 1.82) is 0 Å². The monoisotopic (exact) mass is 296 g/mol. The van der Waals surface area contributed by atoms with Crippen LogP contribution in [0.1, 0.15) is 20.3 Å². The van der Waals surface area contributed by atoms with Crippen molar-refractivity contribution in [2.24, 2.45) is 5.92 Å². The van der Waals surface area contributed by atoms with Crippen LogP contribution in [0.15, 0.2) is 12.4 Å². The van der Waals surface area contributed by atoms with E-state index < -0.39 is 11.8 Å². The Morgan fingerprint density at radius 2 is 2.19 bits per heavy atom. The number of rotatable bonds is 7. The fraction of sp³-hybridized carbons (Fsp3) is 0.643. The topological polar surface area (TPSA) is 76.5 Å². The first-order valence-electron chi connectivity index (χ1n) is 7.02. The van der Waals surface area contributed by atoms with Crippen LogP contribution in [-0.4, -0.2) is 53.8 Å². The van der Waals surface area contributed by atoms with Crippen LogP contribution in [0.5, 0.6) is 0 Å². The van der Waals surface area contributed by atoms with Gasteiger partial charge in [-0.3, -0.25) is 14.3 Å². The number of aromatic nitrogens is 2. The van der Waals surface area contributed by atoms with E-state index in [1.54, 1.807) is 25.0 Å². The molecule has 0 saturated heterocycles. The zero-order valence-corrected chi connectivity index (χ0v) is 13.1. The number of hydrogen-bond donors (Lipinski definition) is 1. The average molecular weight is 296 g/mol. The molecule has 118 valence electrons. The second-order valence-electron chi connectivity index (χ2n) is 5.35. The summed E-state index contributed by atoms with van der Waals surface area (Å²) in [7, 11) is 3.24. The summed E-state index contributed by atoms with van der Waals surface area (Å²) in [5.74, 6) is -0.699. The van der Waals surface area contributed by atoms with E-state index in [-0.39, 0.29) is 0 Å². The van der Waals surface area contributed by atoms with E-state index in [1.807, 2.05) is 0 Å². The molecule has 1 heterocycles. The van der Waals surface area contributed by atoms with E-state index in [0.29, 0.717) is 31.3 Å². The first-order valence-corrected chi connectivity index (χ1v) is 7.02. The van der Waals surface area contributed by atoms with Crippen LogP contribution >= 0.6 is 0 Å². The molecule has 0 aromatic carbocycles. The van der Waals surface area contributed by atoms with Gasteiger partial charge in [-0.05, 0) is 12.3 Å². The molecular formula is C14H24N4O3. The SMILES string of the molecule is COCCn1cc(NC(=O)C(=O)N(C)CCC(C)C)cn1. The zero-order chi connectivity index (χ0) is 15.8. The zero-order valence-electron chi connectivity index (χ0n) is 13.1. The number of nitrogens with one attached hydrogen (secondary N) is 1. The third-order valence-corrected chi connectivity index (χ3v) is 3.00. The number of likely N-dealkylation sites (N-methyl/N-ethyl adjacent to an activating group) is 1. The smallest absolute Gasteiger partial charge is 0.313 e. The van der Waals surface area contributed by atoms with Crippen molar-refractivity contribution >= 4 is 17.5 Å². The molecule has 0 unspecified atom stereocenters. The normalized spacial score (nSPS) is 10.7. The van der Waals surface area contributed by atoms with Gasteiger partial charge in [0, 0.05) is 26.9 Å². The number of nitrogens with zero attached hydrogens (tertiary/aromatic N) is 3. The summed E-state index contributed by atoms with van der Waals surface area (Å²) in [6.45, 7) is 5.84. The predicted octanol–water partition coefficient (Wildman–Crippen LogP) is 0.972. The van der Waals surface area contributed by atoms with Gasteiger partial charge in [-0.25, -0.2) is 0 Å². The van der Waals surface area contributed by atoms with Gasteiger partial charge in [-0.15, -0.1) is 0 Å². The minimum atomic E-state index is -0.646. The van der Waals surface area contributed by atoms with E-state index in [9.17, 15) is 9.59 Å². The van der Waals surface area contributed by atoms with Crippen LogP contribution in [-0.2, 0) is 20.9 Å². The van der Waals surface area contributed by atoms with Crippen LogP contribution in [0, 0.1) is 5.92 Å². The maximum Gasteiger partial charge on any atom is 0.313 e. The third kappa shape index (κ3) is 5.95. The fourth-order valence-electron chi connectivity index (χ4n) is 1.65. The van der Waals surface area contributed by atoms with Gasteiger partial charge in [0.05, 0.1) is 25.0 Å². The van der Waals surface area contributed by atoms with Gasteiger partial charge in [-0.1, -0.05) is 13.8 Å². The van der Waals surface area contributed by atoms with Crippen molar-refractivity contribution in [3.63, 3.8) is 0 Å². The molecule has 2 amide bonds. The molecular weight excluding hydrogens is 272 g/mol. The summed E-state index contributed by atoms with van der Waals surface area (Å²) in [5, 5.41) is 6.62. The second kappa shape index (κ2) is 8.41. The maximum absolute atomic E-state index is 11.9. The van der Waals surface area contributed by atoms with Crippen molar-refractivity contribution in [2.45, 2.75) is 26.8 Å². The van der Waals surface area contributed by atoms with Gasteiger partial charge in [0.15, 0.2) is 0 Å². The largest absolute Gasteiger partial charge is 0.383 e. The van der Waals surface area contributed by atoms with Crippen molar-refractivity contribution in [1.82, 2.24) is 14.7 Å². The van der Waals surface area contributed by atoms with E-state index in [4.69, 9.17) is 4.74 Å². The summed E-state index contributed by atoms with van der Waals surface area (Å²) >= 11 is 0. The molecule has 0 aliphatic heterocycles. The quantitative estimate of drug-likeness (QED) is 0.761. The molecule has 0 spiro atoms. The van der Waals surface area contributed by atoms with Gasteiger partial charge in [0.2, 0.25) is 0 Å². The summed E-state index contributed by atoms with van der Waals surface area (Å²) < 4.78 is 6.59. The number of carbonyl (C=O) groups is 2. The summed E-state index contributed by atoms with van der Waals surface area (Å²) in [5.41, 5.74) is 0.502. The van der Waals surface area contributed by atoms with Crippen LogP contribution in [0.2, 0.25) is 0 Å². The van der Waals surface area contributed by atoms with Crippen LogP contribution in [0.25, 0.3) is 0 Å². The molecule has 0 aliphatic rings. The molecule has 1 rings (SSSR count). The lowest BCUT2D eigenvalue weighted by molar-refractivity contribution is -0.142. The molecule has 0 fully saturated rings. The summed E-state index contributed by atoms with van der Waals surface area (Å²) in [6.07, 6.45) is 4.04. The first-order chi connectivity index (χ1) is 9.93. The molecule has 0 saturated carbocycles. The Balaban J connectivity index is 2.48. The Morgan fingerprint density at radius 1 is 1.48 bits per heavy atom. The van der Waals surface area contributed by atoms with Gasteiger partial charge in [0.1, 0.15) is 0 Å². The standard InChI is InChI=1S/C14H24N4O3/c1-11(2)5-6-17(3)14(20)13(19)16-12-9-15-18(10-12)7-8-21-4/h9-11H,5-8H2,1-4H3,(H,16,19). The molecule has 7 heteroatoms. The van der Waals surface area contributed by atoms with Crippen LogP contribution in [0.4, 0.5) is 5.69 Å². The number of amides is 2. The molecule has 1 N–H and O–H groups in total. The number of hydrogen-bond acceptors (Lipinski definition) is 4. The molecule has 1 aromatic rings. The Labute approximate surface area is 125 Å². The third-order valence-electron chi connectivity index (χ3n) is 3.00. The van der Waals surface area contributed by atoms with Gasteiger partial charge < -0.3 is 15.0 Å². The highest BCUT2D eigenvalue weighted by molar-refractivity contribution is 6.39. The van der Waals surface area contributed by atoms with Crippen molar-refractivity contribution in [3.05, 3.63) is 12.4 Å². The first kappa shape index (κ1) is 17.2. The molecule has 0 radical (unpaired) electrons. The van der Waals surface area contributed by atoms with Gasteiger partial charge in [-0.2, -0.15) is 5.10 Å². The molecule has 0 bridgehead atoms. The lowest BCUT2D eigenvalue weighted by Gasteiger charge is -2.17. The lowest BCUT2D eigenvalue weighted by Crippen LogP contribution is -2.37. The predicted molar refractivity (Wildman–Crippen MR) is 79.8 cm³/mol. The van der Waals surface area contributed by atoms with E-state index in [0.717, 1.165) is 6.42 Å². The van der Waals surface area contributed by atoms with Crippen molar-refractivity contribution in [2.75, 3.05) is 32.6 Å². The number of anilines is 1.